The Bertz CT molecular complexity index is 814. The van der Waals surface area contributed by atoms with Gasteiger partial charge in [0.15, 0.2) is 0 Å². The van der Waals surface area contributed by atoms with Gasteiger partial charge in [-0.25, -0.2) is 4.79 Å². The van der Waals surface area contributed by atoms with Crippen LogP contribution in [-0.2, 0) is 30.4 Å². The van der Waals surface area contributed by atoms with Gasteiger partial charge in [0.05, 0.1) is 12.6 Å². The average molecular weight is 450 g/mol. The summed E-state index contributed by atoms with van der Waals surface area (Å²) in [5, 5.41) is 16.8. The molecule has 0 saturated heterocycles. The van der Waals surface area contributed by atoms with Crippen molar-refractivity contribution in [1.29, 1.82) is 0 Å². The molecule has 0 fully saturated rings. The van der Waals surface area contributed by atoms with Crippen LogP contribution in [0.2, 0.25) is 0 Å². The summed E-state index contributed by atoms with van der Waals surface area (Å²) in [6, 6.07) is 5.63. The Kier molecular flexibility index (Phi) is 10.8. The number of carbonyl (C=O) groups excluding carboxylic acids is 4. The fourth-order valence-corrected chi connectivity index (χ4v) is 2.80. The molecule has 32 heavy (non-hydrogen) atoms. The Morgan fingerprint density at radius 2 is 1.62 bits per heavy atom. The van der Waals surface area contributed by atoms with Gasteiger partial charge in [0.25, 0.3) is 0 Å². The zero-order valence-electron chi connectivity index (χ0n) is 18.2. The lowest BCUT2D eigenvalue weighted by molar-refractivity contribution is -0.142. The minimum atomic E-state index is -1.20. The van der Waals surface area contributed by atoms with Gasteiger partial charge < -0.3 is 32.5 Å². The van der Waals surface area contributed by atoms with Crippen LogP contribution in [0.5, 0.6) is 0 Å². The second-order valence-electron chi connectivity index (χ2n) is 7.71. The number of primary amides is 1. The van der Waals surface area contributed by atoms with E-state index in [1.165, 1.54) is 0 Å². The van der Waals surface area contributed by atoms with Crippen LogP contribution in [0.15, 0.2) is 30.3 Å². The first kappa shape index (κ1) is 26.6. The third-order valence-electron chi connectivity index (χ3n) is 4.62. The molecule has 4 amide bonds. The van der Waals surface area contributed by atoms with Crippen LogP contribution in [0.1, 0.15) is 32.3 Å². The third kappa shape index (κ3) is 9.56. The fourth-order valence-electron chi connectivity index (χ4n) is 2.80. The molecular weight excluding hydrogens is 418 g/mol. The van der Waals surface area contributed by atoms with Crippen molar-refractivity contribution in [1.82, 2.24) is 16.0 Å². The van der Waals surface area contributed by atoms with Crippen LogP contribution in [0.25, 0.3) is 0 Å². The van der Waals surface area contributed by atoms with Crippen LogP contribution >= 0.6 is 0 Å². The van der Waals surface area contributed by atoms with Crippen LogP contribution in [0.4, 0.5) is 0 Å². The van der Waals surface area contributed by atoms with Crippen molar-refractivity contribution in [3.63, 3.8) is 0 Å². The molecule has 0 saturated carbocycles. The summed E-state index contributed by atoms with van der Waals surface area (Å²) in [4.78, 5) is 59.2. The van der Waals surface area contributed by atoms with E-state index in [4.69, 9.17) is 11.5 Å². The van der Waals surface area contributed by atoms with Crippen molar-refractivity contribution in [3.05, 3.63) is 35.9 Å². The highest BCUT2D eigenvalue weighted by Gasteiger charge is 2.29. The van der Waals surface area contributed by atoms with Gasteiger partial charge in [-0.3, -0.25) is 19.2 Å². The van der Waals surface area contributed by atoms with E-state index in [0.29, 0.717) is 0 Å². The first-order chi connectivity index (χ1) is 15.0. The van der Waals surface area contributed by atoms with E-state index in [1.807, 2.05) is 0 Å². The predicted octanol–water partition coefficient (Wildman–Crippen LogP) is -1.35. The maximum absolute atomic E-state index is 12.7. The summed E-state index contributed by atoms with van der Waals surface area (Å²) < 4.78 is 0. The van der Waals surface area contributed by atoms with Gasteiger partial charge in [-0.1, -0.05) is 44.2 Å². The van der Waals surface area contributed by atoms with Crippen molar-refractivity contribution in [2.24, 2.45) is 17.4 Å². The summed E-state index contributed by atoms with van der Waals surface area (Å²) in [7, 11) is 0. The van der Waals surface area contributed by atoms with Crippen molar-refractivity contribution in [2.75, 3.05) is 6.54 Å². The first-order valence-corrected chi connectivity index (χ1v) is 10.2. The Hall–Kier alpha value is -3.47. The van der Waals surface area contributed by atoms with Crippen molar-refractivity contribution >= 4 is 29.6 Å². The molecule has 0 aliphatic heterocycles. The molecule has 3 unspecified atom stereocenters. The number of benzene rings is 1. The van der Waals surface area contributed by atoms with Gasteiger partial charge in [-0.05, 0) is 17.9 Å². The van der Waals surface area contributed by atoms with E-state index >= 15 is 0 Å². The van der Waals surface area contributed by atoms with Gasteiger partial charge >= 0.3 is 5.97 Å². The number of hydrogen-bond acceptors (Lipinski definition) is 6. The zero-order valence-corrected chi connectivity index (χ0v) is 18.2. The molecule has 11 nitrogen and oxygen atoms in total. The smallest absolute Gasteiger partial charge is 0.326 e. The van der Waals surface area contributed by atoms with E-state index in [2.05, 4.69) is 16.0 Å². The zero-order chi connectivity index (χ0) is 24.3. The number of nitrogens with one attached hydrogen (secondary N) is 3. The first-order valence-electron chi connectivity index (χ1n) is 10.2. The Balaban J connectivity index is 2.65. The molecule has 1 rings (SSSR count). The molecule has 1 aromatic rings. The Labute approximate surface area is 186 Å². The molecule has 0 radical (unpaired) electrons. The van der Waals surface area contributed by atoms with Gasteiger partial charge in [0.1, 0.15) is 12.1 Å². The van der Waals surface area contributed by atoms with Gasteiger partial charge in [0, 0.05) is 12.8 Å². The van der Waals surface area contributed by atoms with E-state index in [-0.39, 0.29) is 25.2 Å². The molecule has 0 aliphatic rings. The molecule has 176 valence electrons. The fraction of sp³-hybridized carbons (Fsp3) is 0.476. The number of aliphatic carboxylic acids is 1. The number of carbonyl (C=O) groups is 5. The molecule has 0 spiro atoms. The van der Waals surface area contributed by atoms with E-state index in [9.17, 15) is 29.1 Å². The minimum Gasteiger partial charge on any atom is -0.480 e. The van der Waals surface area contributed by atoms with Crippen molar-refractivity contribution < 1.29 is 29.1 Å². The summed E-state index contributed by atoms with van der Waals surface area (Å²) in [5.74, 6) is -4.08. The molecule has 0 aromatic heterocycles. The topological polar surface area (TPSA) is 194 Å². The molecule has 11 heteroatoms. The normalized spacial score (nSPS) is 13.5. The summed E-state index contributed by atoms with van der Waals surface area (Å²) in [6.45, 7) is 2.94. The van der Waals surface area contributed by atoms with Crippen LogP contribution in [0.3, 0.4) is 0 Å². The number of amides is 4. The van der Waals surface area contributed by atoms with Gasteiger partial charge in [-0.2, -0.15) is 0 Å². The highest BCUT2D eigenvalue weighted by Crippen LogP contribution is 2.07. The second-order valence-corrected chi connectivity index (χ2v) is 7.71. The maximum atomic E-state index is 12.7. The maximum Gasteiger partial charge on any atom is 0.326 e. The Morgan fingerprint density at radius 3 is 2.16 bits per heavy atom. The quantitative estimate of drug-likeness (QED) is 0.214. The highest BCUT2D eigenvalue weighted by molar-refractivity contribution is 5.92. The molecule has 1 aromatic carbocycles. The minimum absolute atomic E-state index is 0.0395. The van der Waals surface area contributed by atoms with Crippen molar-refractivity contribution in [2.45, 2.75) is 51.2 Å². The standard InChI is InChI=1S/C21H31N5O6/c1-12(2)18(26-17(28)11-24-19(29)14(22)8-9-16(23)27)20(30)25-15(21(31)32)10-13-6-4-3-5-7-13/h3-7,12,14-15,18H,8-11,22H2,1-2H3,(H2,23,27)(H,24,29)(H,25,30)(H,26,28)(H,31,32). The molecule has 3 atom stereocenters. The largest absolute Gasteiger partial charge is 0.480 e. The Morgan fingerprint density at radius 1 is 1.00 bits per heavy atom. The van der Waals surface area contributed by atoms with Crippen molar-refractivity contribution in [3.8, 4) is 0 Å². The molecule has 8 N–H and O–H groups in total. The summed E-state index contributed by atoms with van der Waals surface area (Å²) in [6.07, 6.45) is 0.0574. The third-order valence-corrected chi connectivity index (χ3v) is 4.62. The van der Waals surface area contributed by atoms with E-state index in [1.54, 1.807) is 44.2 Å². The second kappa shape index (κ2) is 13.1. The number of hydrogen-bond donors (Lipinski definition) is 6. The lowest BCUT2D eigenvalue weighted by atomic mass is 10.0. The van der Waals surface area contributed by atoms with Crippen LogP contribution in [0, 0.1) is 5.92 Å². The molecule has 0 heterocycles. The number of carboxylic acids is 1. The summed E-state index contributed by atoms with van der Waals surface area (Å²) >= 11 is 0. The molecule has 0 aliphatic carbocycles. The van der Waals surface area contributed by atoms with Gasteiger partial charge in [-0.15, -0.1) is 0 Å². The van der Waals surface area contributed by atoms with Crippen LogP contribution < -0.4 is 27.4 Å². The molecular formula is C21H31N5O6. The number of carboxylic acid groups (broad SMARTS) is 1. The SMILES string of the molecule is CC(C)C(NC(=O)CNC(=O)C(N)CCC(N)=O)C(=O)NC(Cc1ccccc1)C(=O)O. The van der Waals surface area contributed by atoms with E-state index in [0.717, 1.165) is 5.56 Å². The lowest BCUT2D eigenvalue weighted by Gasteiger charge is -2.24. The number of rotatable bonds is 13. The predicted molar refractivity (Wildman–Crippen MR) is 116 cm³/mol. The van der Waals surface area contributed by atoms with E-state index < -0.39 is 54.3 Å². The lowest BCUT2D eigenvalue weighted by Crippen LogP contribution is -2.55. The van der Waals surface area contributed by atoms with Crippen LogP contribution in [-0.4, -0.2) is 59.4 Å². The van der Waals surface area contributed by atoms with Gasteiger partial charge in [0.2, 0.25) is 23.6 Å². The average Bonchev–Trinajstić information content (AvgIpc) is 2.73. The number of nitrogens with two attached hydrogens (primary N) is 2. The highest BCUT2D eigenvalue weighted by atomic mass is 16.4. The molecule has 0 bridgehead atoms. The monoisotopic (exact) mass is 449 g/mol. The summed E-state index contributed by atoms with van der Waals surface area (Å²) in [5.41, 5.74) is 11.4.